The zero-order valence-electron chi connectivity index (χ0n) is 17.5. The van der Waals surface area contributed by atoms with Gasteiger partial charge in [-0.1, -0.05) is 18.2 Å². The minimum Gasteiger partial charge on any atom is -0.497 e. The molecule has 3 rings (SSSR count). The van der Waals surface area contributed by atoms with Crippen molar-refractivity contribution in [2.45, 2.75) is 18.7 Å². The molecule has 31 heavy (non-hydrogen) atoms. The molecule has 0 heterocycles. The van der Waals surface area contributed by atoms with Crippen molar-refractivity contribution < 1.29 is 22.7 Å². The molecule has 0 aliphatic heterocycles. The molecule has 0 unspecified atom stereocenters. The van der Waals surface area contributed by atoms with Crippen LogP contribution in [-0.2, 0) is 14.8 Å². The van der Waals surface area contributed by atoms with Gasteiger partial charge in [-0.2, -0.15) is 0 Å². The summed E-state index contributed by atoms with van der Waals surface area (Å²) in [5.74, 6) is 0.629. The molecule has 1 amide bonds. The largest absolute Gasteiger partial charge is 0.497 e. The normalized spacial score (nSPS) is 10.9. The van der Waals surface area contributed by atoms with E-state index in [0.717, 1.165) is 16.8 Å². The van der Waals surface area contributed by atoms with Crippen molar-refractivity contribution in [1.29, 1.82) is 0 Å². The van der Waals surface area contributed by atoms with Crippen LogP contribution in [0.3, 0.4) is 0 Å². The first kappa shape index (κ1) is 22.2. The van der Waals surface area contributed by atoms with E-state index in [2.05, 4.69) is 10.0 Å². The van der Waals surface area contributed by atoms with Gasteiger partial charge >= 0.3 is 0 Å². The van der Waals surface area contributed by atoms with Crippen LogP contribution in [0.2, 0.25) is 0 Å². The van der Waals surface area contributed by atoms with E-state index >= 15 is 0 Å². The molecule has 3 aromatic carbocycles. The summed E-state index contributed by atoms with van der Waals surface area (Å²) in [6.45, 7) is 3.67. The molecular formula is C23H24N2O5S. The van der Waals surface area contributed by atoms with Crippen LogP contribution in [0.4, 0.5) is 11.4 Å². The van der Waals surface area contributed by atoms with Gasteiger partial charge < -0.3 is 14.8 Å². The van der Waals surface area contributed by atoms with Crippen molar-refractivity contribution in [1.82, 2.24) is 0 Å². The lowest BCUT2D eigenvalue weighted by molar-refractivity contribution is -0.118. The zero-order valence-corrected chi connectivity index (χ0v) is 18.3. The van der Waals surface area contributed by atoms with Crippen LogP contribution in [0, 0.1) is 13.8 Å². The number of nitrogens with one attached hydrogen (secondary N) is 2. The number of hydrogen-bond acceptors (Lipinski definition) is 5. The van der Waals surface area contributed by atoms with Crippen LogP contribution in [0.15, 0.2) is 71.6 Å². The van der Waals surface area contributed by atoms with E-state index in [-0.39, 0.29) is 17.4 Å². The third kappa shape index (κ3) is 5.99. The summed E-state index contributed by atoms with van der Waals surface area (Å²) in [6, 6.07) is 18.3. The minimum atomic E-state index is -3.78. The molecule has 0 bridgehead atoms. The van der Waals surface area contributed by atoms with Gasteiger partial charge in [0.05, 0.1) is 17.7 Å². The molecule has 0 radical (unpaired) electrons. The predicted octanol–water partition coefficient (Wildman–Crippen LogP) is 4.13. The second kappa shape index (κ2) is 9.53. The van der Waals surface area contributed by atoms with Crippen LogP contribution in [0.5, 0.6) is 11.5 Å². The summed E-state index contributed by atoms with van der Waals surface area (Å²) in [5, 5.41) is 2.81. The van der Waals surface area contributed by atoms with Crippen molar-refractivity contribution in [2.75, 3.05) is 23.8 Å². The number of carbonyl (C=O) groups excluding carboxylic acids is 1. The standard InChI is InChI=1S/C23H24N2O5S/c1-16-7-8-17(2)22(13-16)24-23(26)15-30-19-9-11-21(12-10-19)31(27,28)25-18-5-4-6-20(14-18)29-3/h4-14,25H,15H2,1-3H3,(H,24,26). The molecule has 8 heteroatoms. The van der Waals surface area contributed by atoms with E-state index in [4.69, 9.17) is 9.47 Å². The Balaban J connectivity index is 1.60. The highest BCUT2D eigenvalue weighted by molar-refractivity contribution is 7.92. The molecule has 0 atom stereocenters. The SMILES string of the molecule is COc1cccc(NS(=O)(=O)c2ccc(OCC(=O)Nc3cc(C)ccc3C)cc2)c1. The Kier molecular flexibility index (Phi) is 6.81. The fourth-order valence-corrected chi connectivity index (χ4v) is 3.87. The number of sulfonamides is 1. The number of benzene rings is 3. The van der Waals surface area contributed by atoms with Gasteiger partial charge in [0.25, 0.3) is 15.9 Å². The van der Waals surface area contributed by atoms with Crippen LogP contribution in [0.25, 0.3) is 0 Å². The van der Waals surface area contributed by atoms with E-state index in [1.807, 2.05) is 32.0 Å². The second-order valence-corrected chi connectivity index (χ2v) is 8.65. The first-order chi connectivity index (χ1) is 14.8. The van der Waals surface area contributed by atoms with Crippen LogP contribution in [0.1, 0.15) is 11.1 Å². The summed E-state index contributed by atoms with van der Waals surface area (Å²) in [4.78, 5) is 12.3. The zero-order chi connectivity index (χ0) is 22.4. The van der Waals surface area contributed by atoms with E-state index in [1.54, 1.807) is 24.3 Å². The fourth-order valence-electron chi connectivity index (χ4n) is 2.82. The van der Waals surface area contributed by atoms with Gasteiger partial charge in [0.1, 0.15) is 11.5 Å². The van der Waals surface area contributed by atoms with Crippen molar-refractivity contribution >= 4 is 27.3 Å². The maximum atomic E-state index is 12.6. The topological polar surface area (TPSA) is 93.7 Å². The summed E-state index contributed by atoms with van der Waals surface area (Å²) >= 11 is 0. The molecule has 2 N–H and O–H groups in total. The van der Waals surface area contributed by atoms with Crippen LogP contribution < -0.4 is 19.5 Å². The first-order valence-electron chi connectivity index (χ1n) is 9.54. The number of ether oxygens (including phenoxy) is 2. The van der Waals surface area contributed by atoms with Gasteiger partial charge in [0.2, 0.25) is 0 Å². The van der Waals surface area contributed by atoms with Crippen molar-refractivity contribution in [2.24, 2.45) is 0 Å². The number of carbonyl (C=O) groups is 1. The average molecular weight is 441 g/mol. The summed E-state index contributed by atoms with van der Waals surface area (Å²) in [5.41, 5.74) is 3.12. The molecule has 0 saturated heterocycles. The Morgan fingerprint density at radius 2 is 1.68 bits per heavy atom. The number of hydrogen-bond donors (Lipinski definition) is 2. The maximum absolute atomic E-state index is 12.6. The van der Waals surface area contributed by atoms with Gasteiger partial charge in [0, 0.05) is 11.8 Å². The number of rotatable bonds is 8. The lowest BCUT2D eigenvalue weighted by atomic mass is 10.1. The smallest absolute Gasteiger partial charge is 0.262 e. The van der Waals surface area contributed by atoms with E-state index in [1.165, 1.54) is 31.4 Å². The minimum absolute atomic E-state index is 0.0718. The molecule has 7 nitrogen and oxygen atoms in total. The quantitative estimate of drug-likeness (QED) is 0.549. The van der Waals surface area contributed by atoms with Gasteiger partial charge in [-0.05, 0) is 67.4 Å². The Morgan fingerprint density at radius 3 is 2.39 bits per heavy atom. The third-order valence-electron chi connectivity index (χ3n) is 4.49. The van der Waals surface area contributed by atoms with E-state index < -0.39 is 10.0 Å². The molecule has 0 fully saturated rings. The van der Waals surface area contributed by atoms with Gasteiger partial charge in [0.15, 0.2) is 6.61 Å². The van der Waals surface area contributed by atoms with Crippen molar-refractivity contribution in [3.8, 4) is 11.5 Å². The monoisotopic (exact) mass is 440 g/mol. The fraction of sp³-hybridized carbons (Fsp3) is 0.174. The molecule has 162 valence electrons. The first-order valence-corrected chi connectivity index (χ1v) is 11.0. The lowest BCUT2D eigenvalue weighted by Gasteiger charge is -2.11. The average Bonchev–Trinajstić information content (AvgIpc) is 2.75. The third-order valence-corrected chi connectivity index (χ3v) is 5.89. The molecule has 0 saturated carbocycles. The van der Waals surface area contributed by atoms with Gasteiger partial charge in [-0.25, -0.2) is 8.42 Å². The van der Waals surface area contributed by atoms with Crippen molar-refractivity contribution in [3.05, 3.63) is 77.9 Å². The molecule has 0 aromatic heterocycles. The van der Waals surface area contributed by atoms with Crippen molar-refractivity contribution in [3.63, 3.8) is 0 Å². The number of methoxy groups -OCH3 is 1. The maximum Gasteiger partial charge on any atom is 0.262 e. The molecular weight excluding hydrogens is 416 g/mol. The summed E-state index contributed by atoms with van der Waals surface area (Å²) in [6.07, 6.45) is 0. The Hall–Kier alpha value is -3.52. The number of aryl methyl sites for hydroxylation is 2. The summed E-state index contributed by atoms with van der Waals surface area (Å²) in [7, 11) is -2.27. The molecule has 0 spiro atoms. The Bertz CT molecular complexity index is 1170. The summed E-state index contributed by atoms with van der Waals surface area (Å²) < 4.78 is 38.3. The lowest BCUT2D eigenvalue weighted by Crippen LogP contribution is -2.20. The Morgan fingerprint density at radius 1 is 0.935 bits per heavy atom. The predicted molar refractivity (Wildman–Crippen MR) is 120 cm³/mol. The highest BCUT2D eigenvalue weighted by Gasteiger charge is 2.15. The van der Waals surface area contributed by atoms with Gasteiger partial charge in [-0.3, -0.25) is 9.52 Å². The van der Waals surface area contributed by atoms with E-state index in [0.29, 0.717) is 17.2 Å². The highest BCUT2D eigenvalue weighted by atomic mass is 32.2. The van der Waals surface area contributed by atoms with Gasteiger partial charge in [-0.15, -0.1) is 0 Å². The Labute approximate surface area is 182 Å². The number of anilines is 2. The molecule has 0 aliphatic carbocycles. The van der Waals surface area contributed by atoms with Crippen LogP contribution in [-0.4, -0.2) is 28.0 Å². The highest BCUT2D eigenvalue weighted by Crippen LogP contribution is 2.22. The second-order valence-electron chi connectivity index (χ2n) is 6.96. The molecule has 3 aromatic rings. The van der Waals surface area contributed by atoms with Crippen LogP contribution >= 0.6 is 0 Å². The molecule has 0 aliphatic rings. The van der Waals surface area contributed by atoms with E-state index in [9.17, 15) is 13.2 Å². The number of amides is 1.